The van der Waals surface area contributed by atoms with E-state index in [0.29, 0.717) is 59.1 Å². The van der Waals surface area contributed by atoms with Crippen molar-refractivity contribution < 1.29 is 47.7 Å². The van der Waals surface area contributed by atoms with Gasteiger partial charge in [0.15, 0.2) is 0 Å². The molecule has 0 radical (unpaired) electrons. The lowest BCUT2D eigenvalue weighted by Crippen LogP contribution is -2.55. The van der Waals surface area contributed by atoms with Gasteiger partial charge >= 0.3 is 0 Å². The van der Waals surface area contributed by atoms with E-state index in [1.807, 2.05) is 6.92 Å². The molecule has 1 aliphatic carbocycles. The van der Waals surface area contributed by atoms with Gasteiger partial charge in [-0.3, -0.25) is 24.0 Å². The molecular weight excluding hydrogens is 636 g/mol. The number of carbonyl (C=O) groups is 5. The van der Waals surface area contributed by atoms with E-state index >= 15 is 0 Å². The fourth-order valence-electron chi connectivity index (χ4n) is 6.64. The van der Waals surface area contributed by atoms with Crippen LogP contribution in [0.1, 0.15) is 59.3 Å². The number of allylic oxidation sites excluding steroid dienone is 1. The molecule has 49 heavy (non-hydrogen) atoms. The zero-order chi connectivity index (χ0) is 36.2. The second-order valence-corrected chi connectivity index (χ2v) is 12.7. The summed E-state index contributed by atoms with van der Waals surface area (Å²) in [7, 11) is 5.06. The minimum atomic E-state index is -0.562. The highest BCUT2D eigenvalue weighted by Crippen LogP contribution is 2.42. The van der Waals surface area contributed by atoms with Crippen LogP contribution in [-0.2, 0) is 47.7 Å². The second kappa shape index (κ2) is 23.5. The molecule has 6 unspecified atom stereocenters. The largest absolute Gasteiger partial charge is 0.379 e. The maximum atomic E-state index is 13.4. The van der Waals surface area contributed by atoms with Crippen LogP contribution in [0.4, 0.5) is 0 Å². The van der Waals surface area contributed by atoms with Gasteiger partial charge in [0.25, 0.3) is 0 Å². The molecule has 1 saturated heterocycles. The van der Waals surface area contributed by atoms with E-state index in [2.05, 4.69) is 19.2 Å². The summed E-state index contributed by atoms with van der Waals surface area (Å²) in [4.78, 5) is 66.5. The minimum absolute atomic E-state index is 0.0457. The van der Waals surface area contributed by atoms with Crippen molar-refractivity contribution in [2.24, 2.45) is 11.8 Å². The third-order valence-corrected chi connectivity index (χ3v) is 9.55. The fraction of sp³-hybridized carbons (Fsp3) is 0.800. The van der Waals surface area contributed by atoms with Crippen LogP contribution >= 0.6 is 0 Å². The van der Waals surface area contributed by atoms with Gasteiger partial charge in [0, 0.05) is 39.9 Å². The predicted octanol–water partition coefficient (Wildman–Crippen LogP) is 1.45. The quantitative estimate of drug-likeness (QED) is 0.0799. The number of nitrogens with zero attached hydrogens (tertiary/aromatic N) is 3. The molecule has 0 aromatic carbocycles. The summed E-state index contributed by atoms with van der Waals surface area (Å²) in [5.74, 6) is -0.484. The number of likely N-dealkylation sites (N-methyl/N-ethyl adjacent to an activating group) is 2. The van der Waals surface area contributed by atoms with Crippen molar-refractivity contribution in [3.63, 3.8) is 0 Å². The van der Waals surface area contributed by atoms with Crippen molar-refractivity contribution in [2.75, 3.05) is 87.1 Å². The predicted molar refractivity (Wildman–Crippen MR) is 183 cm³/mol. The van der Waals surface area contributed by atoms with E-state index in [9.17, 15) is 24.0 Å². The highest BCUT2D eigenvalue weighted by atomic mass is 16.6. The average molecular weight is 697 g/mol. The Morgan fingerprint density at radius 2 is 1.51 bits per heavy atom. The first-order valence-electron chi connectivity index (χ1n) is 17.7. The van der Waals surface area contributed by atoms with Crippen molar-refractivity contribution in [3.05, 3.63) is 12.2 Å². The number of fused-ring (bicyclic) bond motifs is 2. The summed E-state index contributed by atoms with van der Waals surface area (Å²) in [5, 5.41) is 2.84. The van der Waals surface area contributed by atoms with Crippen molar-refractivity contribution in [3.8, 4) is 0 Å². The molecule has 1 heterocycles. The Labute approximate surface area is 292 Å². The molecule has 14 nitrogen and oxygen atoms in total. The van der Waals surface area contributed by atoms with E-state index in [1.54, 1.807) is 31.0 Å². The topological polar surface area (TPSA) is 153 Å². The van der Waals surface area contributed by atoms with Gasteiger partial charge in [-0.1, -0.05) is 27.2 Å². The zero-order valence-corrected chi connectivity index (χ0v) is 30.4. The highest BCUT2D eigenvalue weighted by Gasteiger charge is 2.51. The Morgan fingerprint density at radius 1 is 0.898 bits per heavy atom. The van der Waals surface area contributed by atoms with Crippen LogP contribution in [0.25, 0.3) is 0 Å². The first-order chi connectivity index (χ1) is 23.6. The lowest BCUT2D eigenvalue weighted by Gasteiger charge is -2.38. The van der Waals surface area contributed by atoms with Gasteiger partial charge in [-0.25, -0.2) is 0 Å². The summed E-state index contributed by atoms with van der Waals surface area (Å²) in [6, 6.07) is -0.615. The Balaban J connectivity index is 1.62. The van der Waals surface area contributed by atoms with Crippen molar-refractivity contribution in [2.45, 2.75) is 83.5 Å². The molecule has 1 N–H and O–H groups in total. The van der Waals surface area contributed by atoms with Crippen molar-refractivity contribution in [1.29, 1.82) is 0 Å². The normalized spacial score (nSPS) is 20.3. The van der Waals surface area contributed by atoms with Crippen LogP contribution in [0.15, 0.2) is 12.2 Å². The lowest BCUT2D eigenvalue weighted by molar-refractivity contribution is -0.144. The molecule has 0 aromatic heterocycles. The van der Waals surface area contributed by atoms with Crippen molar-refractivity contribution >= 4 is 29.9 Å². The van der Waals surface area contributed by atoms with Crippen LogP contribution in [0.3, 0.4) is 0 Å². The van der Waals surface area contributed by atoms with E-state index < -0.39 is 6.04 Å². The number of rotatable bonds is 26. The van der Waals surface area contributed by atoms with Crippen LogP contribution in [-0.4, -0.2) is 156 Å². The first-order valence-corrected chi connectivity index (χ1v) is 17.7. The van der Waals surface area contributed by atoms with Gasteiger partial charge in [0.05, 0.1) is 78.0 Å². The first kappa shape index (κ1) is 42.3. The van der Waals surface area contributed by atoms with Crippen LogP contribution in [0, 0.1) is 11.8 Å². The van der Waals surface area contributed by atoms with Crippen LogP contribution in [0.5, 0.6) is 0 Å². The maximum Gasteiger partial charge on any atom is 0.246 e. The monoisotopic (exact) mass is 696 g/mol. The third-order valence-electron chi connectivity index (χ3n) is 9.55. The summed E-state index contributed by atoms with van der Waals surface area (Å²) in [6.07, 6.45) is 7.25. The fourth-order valence-corrected chi connectivity index (χ4v) is 6.64. The van der Waals surface area contributed by atoms with Crippen LogP contribution in [0.2, 0.25) is 0 Å². The number of amides is 4. The molecule has 2 aliphatic rings. The molecule has 14 heteroatoms. The van der Waals surface area contributed by atoms with E-state index in [0.717, 1.165) is 38.2 Å². The Kier molecular flexibility index (Phi) is 20.3. The zero-order valence-electron chi connectivity index (χ0n) is 30.4. The Hall–Kier alpha value is -2.91. The number of aldehydes is 1. The Bertz CT molecular complexity index is 1060. The SMILES string of the molecule is CCC(C)C(C(CC)OC)N(C)C(=O)CNC(=O)C1C2CCC(C2)N1C(=O)CCOCCOCCOCCOCCN(C)C(=O)/C=C\C=O. The molecule has 1 aliphatic heterocycles. The summed E-state index contributed by atoms with van der Waals surface area (Å²) >= 11 is 0. The van der Waals surface area contributed by atoms with E-state index in [-0.39, 0.29) is 73.2 Å². The molecule has 0 spiro atoms. The molecule has 0 aromatic rings. The molecule has 2 bridgehead atoms. The van der Waals surface area contributed by atoms with E-state index in [1.165, 1.54) is 11.0 Å². The number of hydrogen-bond acceptors (Lipinski definition) is 10. The Morgan fingerprint density at radius 3 is 2.08 bits per heavy atom. The number of nitrogens with one attached hydrogen (secondary N) is 1. The van der Waals surface area contributed by atoms with Gasteiger partial charge in [-0.2, -0.15) is 0 Å². The van der Waals surface area contributed by atoms with Crippen LogP contribution < -0.4 is 5.32 Å². The molecule has 1 saturated carbocycles. The molecular formula is C35H60N4O10. The summed E-state index contributed by atoms with van der Waals surface area (Å²) in [5.41, 5.74) is 0. The molecule has 2 rings (SSSR count). The minimum Gasteiger partial charge on any atom is -0.379 e. The summed E-state index contributed by atoms with van der Waals surface area (Å²) < 4.78 is 27.7. The number of methoxy groups -OCH3 is 1. The maximum absolute atomic E-state index is 13.4. The van der Waals surface area contributed by atoms with Gasteiger partial charge in [-0.05, 0) is 43.6 Å². The molecule has 6 atom stereocenters. The smallest absolute Gasteiger partial charge is 0.246 e. The number of likely N-dealkylation sites (tertiary alicyclic amines) is 1. The van der Waals surface area contributed by atoms with E-state index in [4.69, 9.17) is 23.7 Å². The van der Waals surface area contributed by atoms with Crippen molar-refractivity contribution in [1.82, 2.24) is 20.0 Å². The number of hydrogen-bond donors (Lipinski definition) is 1. The standard InChI is InChI=1S/C35H60N4O10/c1-7-26(3)33(29(8-2)45-6)38(5)32(43)25-36-35(44)34-27-11-12-28(24-27)39(34)31(42)13-16-46-18-20-48-22-23-49-21-19-47-17-14-37(4)30(41)10-9-15-40/h9-10,15,26-29,33-34H,7-8,11-14,16-25H2,1-6H3,(H,36,44)/b10-9-. The lowest BCUT2D eigenvalue weighted by atomic mass is 9.91. The second-order valence-electron chi connectivity index (χ2n) is 12.7. The number of ether oxygens (including phenoxy) is 5. The van der Waals surface area contributed by atoms with Gasteiger partial charge in [0.2, 0.25) is 23.6 Å². The van der Waals surface area contributed by atoms with Gasteiger partial charge in [-0.15, -0.1) is 0 Å². The molecule has 280 valence electrons. The van der Waals surface area contributed by atoms with Gasteiger partial charge < -0.3 is 43.7 Å². The highest BCUT2D eigenvalue weighted by molar-refractivity contribution is 5.92. The molecule has 4 amide bonds. The molecule has 2 fully saturated rings. The number of piperidine rings is 1. The number of carbonyl (C=O) groups excluding carboxylic acids is 5. The summed E-state index contributed by atoms with van der Waals surface area (Å²) in [6.45, 7) is 9.34. The third kappa shape index (κ3) is 13.7. The average Bonchev–Trinajstić information content (AvgIpc) is 3.73. The van der Waals surface area contributed by atoms with Gasteiger partial charge in [0.1, 0.15) is 12.3 Å².